The highest BCUT2D eigenvalue weighted by molar-refractivity contribution is 5.69. The molecule has 8 heteroatoms. The van der Waals surface area contributed by atoms with Crippen LogP contribution in [0.3, 0.4) is 0 Å². The predicted molar refractivity (Wildman–Crippen MR) is 169 cm³/mol. The second-order valence-electron chi connectivity index (χ2n) is 12.0. The summed E-state index contributed by atoms with van der Waals surface area (Å²) in [7, 11) is 0. The minimum atomic E-state index is -1.08. The van der Waals surface area contributed by atoms with Gasteiger partial charge >= 0.3 is 12.1 Å². The van der Waals surface area contributed by atoms with E-state index in [2.05, 4.69) is 11.8 Å². The van der Waals surface area contributed by atoms with E-state index < -0.39 is 36.7 Å². The van der Waals surface area contributed by atoms with Gasteiger partial charge in [-0.15, -0.1) is 24.7 Å². The molecule has 0 amide bonds. The van der Waals surface area contributed by atoms with Crippen molar-refractivity contribution >= 4 is 12.1 Å². The summed E-state index contributed by atoms with van der Waals surface area (Å²) in [6.45, 7) is 3.55. The Balaban J connectivity index is 1.70. The van der Waals surface area contributed by atoms with Gasteiger partial charge in [0.15, 0.2) is 0 Å². The second-order valence-corrected chi connectivity index (χ2v) is 12.0. The first-order valence-corrected chi connectivity index (χ1v) is 15.8. The van der Waals surface area contributed by atoms with Crippen LogP contribution < -0.4 is 0 Å². The molecule has 1 aromatic rings. The fourth-order valence-electron chi connectivity index (χ4n) is 5.47. The number of unbranched alkanes of at least 4 members (excludes halogenated alkanes) is 1. The van der Waals surface area contributed by atoms with Gasteiger partial charge in [0.1, 0.15) is 0 Å². The van der Waals surface area contributed by atoms with Crippen molar-refractivity contribution in [3.8, 4) is 24.7 Å². The molecule has 0 heterocycles. The molecule has 1 saturated carbocycles. The van der Waals surface area contributed by atoms with Crippen LogP contribution in [0.5, 0.6) is 0 Å². The van der Waals surface area contributed by atoms with E-state index in [-0.39, 0.29) is 36.7 Å². The van der Waals surface area contributed by atoms with E-state index in [1.807, 2.05) is 42.5 Å². The molecule has 2 rings (SSSR count). The Kier molecular flexibility index (Phi) is 17.3. The maximum absolute atomic E-state index is 12.4. The van der Waals surface area contributed by atoms with E-state index in [4.69, 9.17) is 27.1 Å². The van der Waals surface area contributed by atoms with Crippen LogP contribution in [0.4, 0.5) is 4.79 Å². The fraction of sp³-hybridized carbons (Fsp3) is 0.611. The monoisotopic (exact) mass is 610 g/mol. The van der Waals surface area contributed by atoms with Crippen LogP contribution in [0.15, 0.2) is 42.5 Å². The Bertz CT molecular complexity index is 1070. The molecular weight excluding hydrogens is 560 g/mol. The first kappa shape index (κ1) is 36.9. The summed E-state index contributed by atoms with van der Waals surface area (Å²) in [5.74, 6) is 3.92. The standard InChI is InChI=1S/C36H50O8/c1-5-14-28(15-6-2)25-42-36(41)44-35(26(3)4)43-34(40)19-13-8-7-12-18-30-31(33(39)24-32(30)38)23-22-29(37)21-20-27-16-10-9-11-17-27/h1-2,7,9-12,16-17,26,28-33,35,37-39H,8,13-15,18-25H2,3-4H3/b12-7-/t29-,30+,31+,32-,33+,35?/m0/s1. The van der Waals surface area contributed by atoms with Gasteiger partial charge in [0.2, 0.25) is 0 Å². The minimum absolute atomic E-state index is 0.0205. The van der Waals surface area contributed by atoms with Gasteiger partial charge in [-0.25, -0.2) is 4.79 Å². The number of esters is 1. The first-order chi connectivity index (χ1) is 21.1. The molecule has 1 aromatic carbocycles. The first-order valence-electron chi connectivity index (χ1n) is 15.8. The number of allylic oxidation sites excluding steroid dienone is 2. The van der Waals surface area contributed by atoms with Gasteiger partial charge in [0.25, 0.3) is 6.29 Å². The zero-order valence-electron chi connectivity index (χ0n) is 26.2. The number of ether oxygens (including phenoxy) is 3. The SMILES string of the molecule is C#CCC(CC#C)COC(=O)OC(OC(=O)CCC/C=C\C[C@@H]1[C@@H](CC[C@@H](O)CCc2ccccc2)[C@H](O)C[C@@H]1O)C(C)C. The number of carbonyl (C=O) groups is 2. The summed E-state index contributed by atoms with van der Waals surface area (Å²) in [5, 5.41) is 31.6. The number of aliphatic hydroxyl groups is 3. The number of hydrogen-bond donors (Lipinski definition) is 3. The number of carbonyl (C=O) groups excluding carboxylic acids is 2. The molecule has 1 aliphatic carbocycles. The van der Waals surface area contributed by atoms with Crippen LogP contribution in [0.2, 0.25) is 0 Å². The lowest BCUT2D eigenvalue weighted by atomic mass is 9.85. The van der Waals surface area contributed by atoms with E-state index in [1.54, 1.807) is 13.8 Å². The van der Waals surface area contributed by atoms with Crippen molar-refractivity contribution in [2.75, 3.05) is 6.61 Å². The topological polar surface area (TPSA) is 123 Å². The highest BCUT2D eigenvalue weighted by Gasteiger charge is 2.40. The Morgan fingerprint density at radius 2 is 1.68 bits per heavy atom. The molecule has 0 bridgehead atoms. The summed E-state index contributed by atoms with van der Waals surface area (Å²) in [6.07, 6.45) is 16.7. The number of aryl methyl sites for hydroxylation is 1. The maximum atomic E-state index is 12.4. The molecule has 0 saturated heterocycles. The molecule has 0 radical (unpaired) electrons. The van der Waals surface area contributed by atoms with Crippen molar-refractivity contribution in [1.82, 2.24) is 0 Å². The summed E-state index contributed by atoms with van der Waals surface area (Å²) in [5.41, 5.74) is 1.19. The van der Waals surface area contributed by atoms with Gasteiger partial charge in [-0.3, -0.25) is 4.79 Å². The zero-order valence-corrected chi connectivity index (χ0v) is 26.2. The Morgan fingerprint density at radius 3 is 2.34 bits per heavy atom. The molecule has 44 heavy (non-hydrogen) atoms. The Labute approximate surface area is 263 Å². The maximum Gasteiger partial charge on any atom is 0.511 e. The van der Waals surface area contributed by atoms with Crippen LogP contribution in [-0.4, -0.2) is 58.7 Å². The van der Waals surface area contributed by atoms with Crippen molar-refractivity contribution < 1.29 is 39.1 Å². The average molecular weight is 611 g/mol. The van der Waals surface area contributed by atoms with E-state index >= 15 is 0 Å². The van der Waals surface area contributed by atoms with E-state index in [9.17, 15) is 24.9 Å². The average Bonchev–Trinajstić information content (AvgIpc) is 3.26. The van der Waals surface area contributed by atoms with Gasteiger partial charge < -0.3 is 29.5 Å². The molecule has 6 atom stereocenters. The van der Waals surface area contributed by atoms with Crippen molar-refractivity contribution in [2.45, 2.75) is 109 Å². The van der Waals surface area contributed by atoms with Crippen molar-refractivity contribution in [1.29, 1.82) is 0 Å². The second kappa shape index (κ2) is 20.6. The summed E-state index contributed by atoms with van der Waals surface area (Å²) < 4.78 is 15.7. The van der Waals surface area contributed by atoms with Gasteiger partial charge in [-0.05, 0) is 68.8 Å². The molecule has 8 nitrogen and oxygen atoms in total. The van der Waals surface area contributed by atoms with Crippen LogP contribution in [0.25, 0.3) is 0 Å². The third-order valence-corrected chi connectivity index (χ3v) is 8.04. The van der Waals surface area contributed by atoms with E-state index in [0.29, 0.717) is 57.8 Å². The number of benzene rings is 1. The molecule has 0 aliphatic heterocycles. The van der Waals surface area contributed by atoms with Gasteiger partial charge in [-0.2, -0.15) is 0 Å². The molecule has 1 unspecified atom stereocenters. The molecule has 0 aromatic heterocycles. The van der Waals surface area contributed by atoms with E-state index in [0.717, 1.165) is 6.42 Å². The molecule has 1 aliphatic rings. The fourth-order valence-corrected chi connectivity index (χ4v) is 5.47. The van der Waals surface area contributed by atoms with Gasteiger partial charge in [-0.1, -0.05) is 56.3 Å². The van der Waals surface area contributed by atoms with Gasteiger partial charge in [0, 0.05) is 31.1 Å². The number of aliphatic hydroxyl groups excluding tert-OH is 3. The summed E-state index contributed by atoms with van der Waals surface area (Å²) >= 11 is 0. The Hall–Kier alpha value is -3.30. The highest BCUT2D eigenvalue weighted by Crippen LogP contribution is 2.38. The van der Waals surface area contributed by atoms with Crippen LogP contribution in [0, 0.1) is 48.4 Å². The lowest BCUT2D eigenvalue weighted by Gasteiger charge is -2.23. The molecule has 1 fully saturated rings. The lowest BCUT2D eigenvalue weighted by Crippen LogP contribution is -2.30. The summed E-state index contributed by atoms with van der Waals surface area (Å²) in [6, 6.07) is 10.0. The van der Waals surface area contributed by atoms with Crippen molar-refractivity contribution in [3.05, 3.63) is 48.0 Å². The normalized spacial score (nSPS) is 21.1. The number of rotatable bonds is 19. The van der Waals surface area contributed by atoms with Crippen LogP contribution in [-0.2, 0) is 25.4 Å². The Morgan fingerprint density at radius 1 is 1.00 bits per heavy atom. The minimum Gasteiger partial charge on any atom is -0.434 e. The zero-order chi connectivity index (χ0) is 32.3. The molecule has 0 spiro atoms. The quantitative estimate of drug-likeness (QED) is 0.0611. The third kappa shape index (κ3) is 14.0. The van der Waals surface area contributed by atoms with Crippen molar-refractivity contribution in [3.63, 3.8) is 0 Å². The molecular formula is C36H50O8. The molecule has 242 valence electrons. The predicted octanol–water partition coefficient (Wildman–Crippen LogP) is 5.58. The summed E-state index contributed by atoms with van der Waals surface area (Å²) in [4.78, 5) is 24.5. The highest BCUT2D eigenvalue weighted by atomic mass is 16.8. The van der Waals surface area contributed by atoms with E-state index in [1.165, 1.54) is 5.56 Å². The van der Waals surface area contributed by atoms with Crippen LogP contribution >= 0.6 is 0 Å². The molecule has 3 N–H and O–H groups in total. The number of terminal acetylenes is 2. The smallest absolute Gasteiger partial charge is 0.434 e. The largest absolute Gasteiger partial charge is 0.511 e. The number of hydrogen-bond acceptors (Lipinski definition) is 8. The van der Waals surface area contributed by atoms with Gasteiger partial charge in [0.05, 0.1) is 24.9 Å². The van der Waals surface area contributed by atoms with Crippen molar-refractivity contribution in [2.24, 2.45) is 23.7 Å². The van der Waals surface area contributed by atoms with Crippen LogP contribution in [0.1, 0.15) is 83.6 Å². The third-order valence-electron chi connectivity index (χ3n) is 8.04. The lowest BCUT2D eigenvalue weighted by molar-refractivity contribution is -0.179.